The lowest BCUT2D eigenvalue weighted by molar-refractivity contribution is -0.120. The second-order valence-corrected chi connectivity index (χ2v) is 5.64. The second-order valence-electron chi connectivity index (χ2n) is 5.64. The van der Waals surface area contributed by atoms with E-state index in [1.165, 1.54) is 5.56 Å². The van der Waals surface area contributed by atoms with Gasteiger partial charge in [0.25, 0.3) is 0 Å². The van der Waals surface area contributed by atoms with Crippen molar-refractivity contribution in [2.45, 2.75) is 13.5 Å². The Bertz CT molecular complexity index is 608. The number of hydrogen-bond acceptors (Lipinski definition) is 3. The van der Waals surface area contributed by atoms with Gasteiger partial charge in [0.2, 0.25) is 5.91 Å². The molecule has 1 amide bonds. The molecule has 0 aliphatic carbocycles. The molecule has 2 N–H and O–H groups in total. The number of amides is 1. The van der Waals surface area contributed by atoms with Crippen LogP contribution >= 0.6 is 0 Å². The minimum atomic E-state index is 0.0440. The first-order chi connectivity index (χ1) is 10.2. The van der Waals surface area contributed by atoms with E-state index >= 15 is 0 Å². The molecule has 1 fully saturated rings. The third kappa shape index (κ3) is 3.31. The van der Waals surface area contributed by atoms with Crippen LogP contribution in [0, 0.1) is 11.8 Å². The number of benzene rings is 1. The zero-order valence-corrected chi connectivity index (χ0v) is 12.1. The Labute approximate surface area is 124 Å². The van der Waals surface area contributed by atoms with E-state index in [0.29, 0.717) is 12.5 Å². The van der Waals surface area contributed by atoms with Gasteiger partial charge < -0.3 is 10.6 Å². The normalized spacial score (nSPS) is 21.4. The van der Waals surface area contributed by atoms with Crippen molar-refractivity contribution >= 4 is 11.6 Å². The number of carbonyl (C=O) groups excluding carboxylic acids is 1. The molecule has 2 unspecified atom stereocenters. The lowest BCUT2D eigenvalue weighted by Gasteiger charge is -2.12. The third-order valence-corrected chi connectivity index (χ3v) is 3.94. The third-order valence-electron chi connectivity index (χ3n) is 3.94. The van der Waals surface area contributed by atoms with Crippen molar-refractivity contribution in [2.24, 2.45) is 11.8 Å². The van der Waals surface area contributed by atoms with Crippen molar-refractivity contribution in [3.05, 3.63) is 48.3 Å². The maximum Gasteiger partial charge on any atom is 0.229 e. The summed E-state index contributed by atoms with van der Waals surface area (Å²) in [6.45, 7) is 4.47. The Kier molecular flexibility index (Phi) is 4.01. The summed E-state index contributed by atoms with van der Waals surface area (Å²) in [7, 11) is 0. The maximum absolute atomic E-state index is 12.2. The van der Waals surface area contributed by atoms with Gasteiger partial charge in [-0.2, -0.15) is 5.10 Å². The molecule has 21 heavy (non-hydrogen) atoms. The van der Waals surface area contributed by atoms with E-state index < -0.39 is 0 Å². The van der Waals surface area contributed by atoms with Crippen LogP contribution in [0.4, 0.5) is 5.69 Å². The molecule has 0 spiro atoms. The van der Waals surface area contributed by atoms with Crippen LogP contribution in [0.1, 0.15) is 12.5 Å². The highest BCUT2D eigenvalue weighted by molar-refractivity contribution is 5.92. The molecular formula is C16H20N4O. The predicted octanol–water partition coefficient (Wildman–Crippen LogP) is 1.73. The molecule has 1 aromatic heterocycles. The van der Waals surface area contributed by atoms with Gasteiger partial charge in [-0.3, -0.25) is 9.48 Å². The highest BCUT2D eigenvalue weighted by Gasteiger charge is 2.29. The monoisotopic (exact) mass is 284 g/mol. The highest BCUT2D eigenvalue weighted by atomic mass is 16.2. The molecule has 0 saturated carbocycles. The molecule has 1 aliphatic rings. The van der Waals surface area contributed by atoms with Crippen molar-refractivity contribution < 1.29 is 4.79 Å². The van der Waals surface area contributed by atoms with Crippen LogP contribution in [0.3, 0.4) is 0 Å². The van der Waals surface area contributed by atoms with Gasteiger partial charge in [-0.05, 0) is 18.0 Å². The van der Waals surface area contributed by atoms with E-state index in [2.05, 4.69) is 34.8 Å². The van der Waals surface area contributed by atoms with Crippen molar-refractivity contribution in [1.82, 2.24) is 15.1 Å². The van der Waals surface area contributed by atoms with E-state index in [4.69, 9.17) is 0 Å². The Hall–Kier alpha value is -2.14. The van der Waals surface area contributed by atoms with Crippen molar-refractivity contribution in [3.8, 4) is 0 Å². The van der Waals surface area contributed by atoms with Gasteiger partial charge in [0.05, 0.1) is 24.3 Å². The van der Waals surface area contributed by atoms with Crippen molar-refractivity contribution in [3.63, 3.8) is 0 Å². The summed E-state index contributed by atoms with van der Waals surface area (Å²) in [6, 6.07) is 10.1. The first-order valence-corrected chi connectivity index (χ1v) is 7.30. The quantitative estimate of drug-likeness (QED) is 0.899. The number of rotatable bonds is 4. The lowest BCUT2D eigenvalue weighted by atomic mass is 9.97. The molecule has 110 valence electrons. The number of nitrogens with one attached hydrogen (secondary N) is 2. The molecule has 0 bridgehead atoms. The van der Waals surface area contributed by atoms with Gasteiger partial charge in [-0.25, -0.2) is 0 Å². The van der Waals surface area contributed by atoms with Crippen LogP contribution in [0.2, 0.25) is 0 Å². The molecule has 1 aliphatic heterocycles. The Morgan fingerprint density at radius 3 is 2.90 bits per heavy atom. The summed E-state index contributed by atoms with van der Waals surface area (Å²) < 4.78 is 1.83. The molecule has 1 aromatic carbocycles. The average molecular weight is 284 g/mol. The standard InChI is InChI=1S/C16H20N4O/c1-12-7-17-9-15(12)16(21)19-14-8-18-20(11-14)10-13-5-3-2-4-6-13/h2-6,8,11-12,15,17H,7,9-10H2,1H3,(H,19,21). The minimum absolute atomic E-state index is 0.0440. The van der Waals surface area contributed by atoms with Crippen LogP contribution in [0.5, 0.6) is 0 Å². The van der Waals surface area contributed by atoms with Gasteiger partial charge in [0, 0.05) is 12.7 Å². The van der Waals surface area contributed by atoms with Gasteiger partial charge in [0.15, 0.2) is 0 Å². The first-order valence-electron chi connectivity index (χ1n) is 7.30. The topological polar surface area (TPSA) is 59.0 Å². The molecule has 1 saturated heterocycles. The summed E-state index contributed by atoms with van der Waals surface area (Å²) >= 11 is 0. The summed E-state index contributed by atoms with van der Waals surface area (Å²) in [5, 5.41) is 10.5. The van der Waals surface area contributed by atoms with E-state index in [0.717, 1.165) is 18.8 Å². The molecular weight excluding hydrogens is 264 g/mol. The summed E-state index contributed by atoms with van der Waals surface area (Å²) in [5.74, 6) is 0.499. The first kappa shape index (κ1) is 13.8. The molecule has 2 heterocycles. The lowest BCUT2D eigenvalue weighted by Crippen LogP contribution is -2.27. The van der Waals surface area contributed by atoms with Crippen LogP contribution in [0.25, 0.3) is 0 Å². The number of nitrogens with zero attached hydrogens (tertiary/aromatic N) is 2. The van der Waals surface area contributed by atoms with E-state index in [-0.39, 0.29) is 11.8 Å². The SMILES string of the molecule is CC1CNCC1C(=O)Nc1cnn(Cc2ccccc2)c1. The number of aromatic nitrogens is 2. The number of anilines is 1. The Morgan fingerprint density at radius 2 is 2.19 bits per heavy atom. The van der Waals surface area contributed by atoms with Crippen LogP contribution in [-0.2, 0) is 11.3 Å². The van der Waals surface area contributed by atoms with Gasteiger partial charge >= 0.3 is 0 Å². The molecule has 2 aromatic rings. The van der Waals surface area contributed by atoms with Crippen molar-refractivity contribution in [2.75, 3.05) is 18.4 Å². The largest absolute Gasteiger partial charge is 0.323 e. The van der Waals surface area contributed by atoms with E-state index in [1.54, 1.807) is 6.20 Å². The molecule has 3 rings (SSSR count). The highest BCUT2D eigenvalue weighted by Crippen LogP contribution is 2.18. The van der Waals surface area contributed by atoms with Crippen LogP contribution < -0.4 is 10.6 Å². The summed E-state index contributed by atoms with van der Waals surface area (Å²) in [4.78, 5) is 12.2. The fourth-order valence-electron chi connectivity index (χ4n) is 2.68. The van der Waals surface area contributed by atoms with E-state index in [9.17, 15) is 4.79 Å². The molecule has 0 radical (unpaired) electrons. The van der Waals surface area contributed by atoms with Gasteiger partial charge in [0.1, 0.15) is 0 Å². The Balaban J connectivity index is 1.61. The smallest absolute Gasteiger partial charge is 0.229 e. The fourth-order valence-corrected chi connectivity index (χ4v) is 2.68. The van der Waals surface area contributed by atoms with Crippen LogP contribution in [-0.4, -0.2) is 28.8 Å². The average Bonchev–Trinajstić information content (AvgIpc) is 3.09. The van der Waals surface area contributed by atoms with Crippen molar-refractivity contribution in [1.29, 1.82) is 0 Å². The van der Waals surface area contributed by atoms with Gasteiger partial charge in [-0.1, -0.05) is 37.3 Å². The number of hydrogen-bond donors (Lipinski definition) is 2. The summed E-state index contributed by atoms with van der Waals surface area (Å²) in [5.41, 5.74) is 1.95. The molecule has 5 heteroatoms. The molecule has 5 nitrogen and oxygen atoms in total. The van der Waals surface area contributed by atoms with E-state index in [1.807, 2.05) is 29.1 Å². The minimum Gasteiger partial charge on any atom is -0.323 e. The van der Waals surface area contributed by atoms with Crippen LogP contribution in [0.15, 0.2) is 42.7 Å². The Morgan fingerprint density at radius 1 is 1.38 bits per heavy atom. The maximum atomic E-state index is 12.2. The zero-order valence-electron chi connectivity index (χ0n) is 12.1. The fraction of sp³-hybridized carbons (Fsp3) is 0.375. The number of carbonyl (C=O) groups is 1. The van der Waals surface area contributed by atoms with Gasteiger partial charge in [-0.15, -0.1) is 0 Å². The molecule has 2 atom stereocenters. The zero-order chi connectivity index (χ0) is 14.7. The second kappa shape index (κ2) is 6.10. The summed E-state index contributed by atoms with van der Waals surface area (Å²) in [6.07, 6.45) is 3.58. The predicted molar refractivity (Wildman–Crippen MR) is 81.9 cm³/mol.